The van der Waals surface area contributed by atoms with Crippen molar-refractivity contribution < 1.29 is 19.4 Å². The van der Waals surface area contributed by atoms with Gasteiger partial charge in [0.05, 0.1) is 19.1 Å². The molecular weight excluding hydrogens is 402 g/mol. The van der Waals surface area contributed by atoms with Gasteiger partial charge < -0.3 is 14.7 Å². The first-order chi connectivity index (χ1) is 15.6. The molecule has 3 aromatic rings. The zero-order valence-corrected chi connectivity index (χ0v) is 17.8. The van der Waals surface area contributed by atoms with Crippen LogP contribution in [0.1, 0.15) is 29.0 Å². The van der Waals surface area contributed by atoms with Crippen molar-refractivity contribution in [2.75, 3.05) is 13.2 Å². The lowest BCUT2D eigenvalue weighted by Gasteiger charge is -2.27. The molecule has 1 aliphatic rings. The second-order valence-electron chi connectivity index (χ2n) is 8.20. The highest BCUT2D eigenvalue weighted by molar-refractivity contribution is 5.91. The number of rotatable bonds is 8. The Morgan fingerprint density at radius 1 is 0.875 bits per heavy atom. The van der Waals surface area contributed by atoms with Gasteiger partial charge in [-0.3, -0.25) is 4.79 Å². The molecule has 0 aromatic heterocycles. The number of hydrogen-bond donors (Lipinski definition) is 1. The van der Waals surface area contributed by atoms with Crippen LogP contribution in [0.25, 0.3) is 0 Å². The van der Waals surface area contributed by atoms with Crippen molar-refractivity contribution in [2.45, 2.75) is 25.0 Å². The van der Waals surface area contributed by atoms with Crippen LogP contribution in [0.2, 0.25) is 0 Å². The van der Waals surface area contributed by atoms with Crippen molar-refractivity contribution >= 4 is 11.9 Å². The van der Waals surface area contributed by atoms with Crippen molar-refractivity contribution in [3.8, 4) is 0 Å². The van der Waals surface area contributed by atoms with E-state index in [9.17, 15) is 14.7 Å². The molecule has 0 saturated carbocycles. The van der Waals surface area contributed by atoms with Crippen LogP contribution in [0.15, 0.2) is 91.0 Å². The number of carboxylic acids is 1. The average Bonchev–Trinajstić information content (AvgIpc) is 3.26. The lowest BCUT2D eigenvalue weighted by Crippen LogP contribution is -2.43. The minimum atomic E-state index is -0.969. The van der Waals surface area contributed by atoms with E-state index in [1.165, 1.54) is 4.90 Å². The van der Waals surface area contributed by atoms with Crippen molar-refractivity contribution in [3.63, 3.8) is 0 Å². The Hall–Kier alpha value is -3.44. The molecule has 3 aromatic carbocycles. The molecule has 1 amide bonds. The van der Waals surface area contributed by atoms with E-state index in [-0.39, 0.29) is 11.8 Å². The van der Waals surface area contributed by atoms with Crippen LogP contribution in [-0.2, 0) is 20.9 Å². The highest BCUT2D eigenvalue weighted by Crippen LogP contribution is 2.32. The standard InChI is InChI=1S/C27H27NO4/c29-26(25(22-12-6-2-7-13-22)23-14-8-3-9-15-23)28-17-21(16-24(28)27(30)31)19-32-18-20-10-4-1-5-11-20/h1-15,21,24-25H,16-19H2,(H,30,31). The molecule has 4 rings (SSSR count). The van der Waals surface area contributed by atoms with E-state index >= 15 is 0 Å². The Kier molecular flexibility index (Phi) is 6.97. The van der Waals surface area contributed by atoms with Crippen LogP contribution in [0, 0.1) is 5.92 Å². The maximum Gasteiger partial charge on any atom is 0.326 e. The van der Waals surface area contributed by atoms with Gasteiger partial charge in [0.15, 0.2) is 0 Å². The number of aliphatic carboxylic acids is 1. The minimum absolute atomic E-state index is 0.0176. The molecule has 32 heavy (non-hydrogen) atoms. The summed E-state index contributed by atoms with van der Waals surface area (Å²) >= 11 is 0. The number of amides is 1. The zero-order chi connectivity index (χ0) is 22.3. The number of nitrogens with zero attached hydrogens (tertiary/aromatic N) is 1. The fourth-order valence-corrected chi connectivity index (χ4v) is 4.37. The second kappa shape index (κ2) is 10.2. The third-order valence-electron chi connectivity index (χ3n) is 5.93. The summed E-state index contributed by atoms with van der Waals surface area (Å²) in [4.78, 5) is 27.3. The third kappa shape index (κ3) is 5.06. The Bertz CT molecular complexity index is 984. The van der Waals surface area contributed by atoms with Crippen LogP contribution in [0.4, 0.5) is 0 Å². The molecule has 164 valence electrons. The molecule has 0 aliphatic carbocycles. The maximum atomic E-state index is 13.7. The highest BCUT2D eigenvalue weighted by Gasteiger charge is 2.42. The number of likely N-dealkylation sites (tertiary alicyclic amines) is 1. The second-order valence-corrected chi connectivity index (χ2v) is 8.20. The summed E-state index contributed by atoms with van der Waals surface area (Å²) in [5, 5.41) is 9.84. The normalized spacial score (nSPS) is 18.1. The summed E-state index contributed by atoms with van der Waals surface area (Å²) < 4.78 is 5.86. The first-order valence-electron chi connectivity index (χ1n) is 10.9. The largest absolute Gasteiger partial charge is 0.480 e. The van der Waals surface area contributed by atoms with Crippen molar-refractivity contribution in [1.29, 1.82) is 0 Å². The van der Waals surface area contributed by atoms with Gasteiger partial charge in [0.2, 0.25) is 5.91 Å². The van der Waals surface area contributed by atoms with E-state index in [0.29, 0.717) is 26.2 Å². The molecule has 0 bridgehead atoms. The van der Waals surface area contributed by atoms with Gasteiger partial charge in [-0.2, -0.15) is 0 Å². The predicted octanol–water partition coefficient (Wildman–Crippen LogP) is 4.34. The van der Waals surface area contributed by atoms with E-state index in [1.54, 1.807) is 0 Å². The number of carboxylic acid groups (broad SMARTS) is 1. The number of carbonyl (C=O) groups excluding carboxylic acids is 1. The van der Waals surface area contributed by atoms with Crippen molar-refractivity contribution in [3.05, 3.63) is 108 Å². The highest BCUT2D eigenvalue weighted by atomic mass is 16.5. The molecular formula is C27H27NO4. The Morgan fingerprint density at radius 3 is 1.94 bits per heavy atom. The first kappa shape index (κ1) is 21.8. The monoisotopic (exact) mass is 429 g/mol. The quantitative estimate of drug-likeness (QED) is 0.579. The van der Waals surface area contributed by atoms with Crippen LogP contribution in [-0.4, -0.2) is 41.1 Å². The summed E-state index contributed by atoms with van der Waals surface area (Å²) in [6, 6.07) is 28.1. The van der Waals surface area contributed by atoms with E-state index in [2.05, 4.69) is 0 Å². The molecule has 2 atom stereocenters. The van der Waals surface area contributed by atoms with Crippen LogP contribution < -0.4 is 0 Å². The Balaban J connectivity index is 1.51. The SMILES string of the molecule is O=C(O)C1CC(COCc2ccccc2)CN1C(=O)C(c1ccccc1)c1ccccc1. The van der Waals surface area contributed by atoms with E-state index in [0.717, 1.165) is 16.7 Å². The molecule has 1 fully saturated rings. The van der Waals surface area contributed by atoms with Gasteiger partial charge in [0.1, 0.15) is 6.04 Å². The first-order valence-corrected chi connectivity index (χ1v) is 10.9. The van der Waals surface area contributed by atoms with Crippen molar-refractivity contribution in [2.24, 2.45) is 5.92 Å². The smallest absolute Gasteiger partial charge is 0.326 e. The molecule has 1 N–H and O–H groups in total. The number of ether oxygens (including phenoxy) is 1. The molecule has 5 nitrogen and oxygen atoms in total. The third-order valence-corrected chi connectivity index (χ3v) is 5.93. The fraction of sp³-hybridized carbons (Fsp3) is 0.259. The summed E-state index contributed by atoms with van der Waals surface area (Å²) in [6.45, 7) is 1.27. The molecule has 1 saturated heterocycles. The maximum absolute atomic E-state index is 13.7. The predicted molar refractivity (Wildman–Crippen MR) is 122 cm³/mol. The summed E-state index contributed by atoms with van der Waals surface area (Å²) in [5.41, 5.74) is 2.79. The summed E-state index contributed by atoms with van der Waals surface area (Å²) in [7, 11) is 0. The van der Waals surface area contributed by atoms with Gasteiger partial charge in [0.25, 0.3) is 0 Å². The van der Waals surface area contributed by atoms with Crippen LogP contribution >= 0.6 is 0 Å². The molecule has 0 spiro atoms. The van der Waals surface area contributed by atoms with E-state index in [4.69, 9.17) is 4.74 Å². The van der Waals surface area contributed by atoms with Gasteiger partial charge in [-0.05, 0) is 23.1 Å². The number of carbonyl (C=O) groups is 2. The van der Waals surface area contributed by atoms with Gasteiger partial charge in [-0.25, -0.2) is 4.79 Å². The lowest BCUT2D eigenvalue weighted by atomic mass is 9.90. The van der Waals surface area contributed by atoms with Crippen LogP contribution in [0.3, 0.4) is 0 Å². The van der Waals surface area contributed by atoms with E-state index in [1.807, 2.05) is 91.0 Å². The van der Waals surface area contributed by atoms with Gasteiger partial charge in [-0.15, -0.1) is 0 Å². The Morgan fingerprint density at radius 2 is 1.41 bits per heavy atom. The molecule has 1 heterocycles. The minimum Gasteiger partial charge on any atom is -0.480 e. The molecule has 5 heteroatoms. The number of benzene rings is 3. The van der Waals surface area contributed by atoms with Gasteiger partial charge in [0, 0.05) is 12.5 Å². The van der Waals surface area contributed by atoms with Gasteiger partial charge >= 0.3 is 5.97 Å². The molecule has 2 unspecified atom stereocenters. The fourth-order valence-electron chi connectivity index (χ4n) is 4.37. The van der Waals surface area contributed by atoms with E-state index < -0.39 is 17.9 Å². The molecule has 0 radical (unpaired) electrons. The topological polar surface area (TPSA) is 66.8 Å². The average molecular weight is 430 g/mol. The molecule has 1 aliphatic heterocycles. The number of hydrogen-bond acceptors (Lipinski definition) is 3. The lowest BCUT2D eigenvalue weighted by molar-refractivity contribution is -0.148. The van der Waals surface area contributed by atoms with Crippen LogP contribution in [0.5, 0.6) is 0 Å². The zero-order valence-electron chi connectivity index (χ0n) is 17.8. The Labute approximate surface area is 188 Å². The van der Waals surface area contributed by atoms with Crippen molar-refractivity contribution in [1.82, 2.24) is 4.90 Å². The summed E-state index contributed by atoms with van der Waals surface area (Å²) in [6.07, 6.45) is 0.395. The van der Waals surface area contributed by atoms with Gasteiger partial charge in [-0.1, -0.05) is 91.0 Å². The summed E-state index contributed by atoms with van der Waals surface area (Å²) in [5.74, 6) is -1.71.